The van der Waals surface area contributed by atoms with Crippen LogP contribution in [0, 0.1) is 0 Å². The van der Waals surface area contributed by atoms with Gasteiger partial charge in [-0.05, 0) is 76.3 Å². The Balaban J connectivity index is 1.29. The maximum absolute atomic E-state index is 12.1. The van der Waals surface area contributed by atoms with Gasteiger partial charge in [0.05, 0.1) is 12.2 Å². The van der Waals surface area contributed by atoms with E-state index in [2.05, 4.69) is 39.5 Å². The predicted molar refractivity (Wildman–Crippen MR) is 127 cm³/mol. The molecule has 0 saturated carbocycles. The molecule has 8 heteroatoms. The molecule has 4 rings (SSSR count). The van der Waals surface area contributed by atoms with Crippen LogP contribution in [0.1, 0.15) is 46.0 Å². The van der Waals surface area contributed by atoms with Gasteiger partial charge in [0.2, 0.25) is 0 Å². The summed E-state index contributed by atoms with van der Waals surface area (Å²) in [4.78, 5) is 26.9. The van der Waals surface area contributed by atoms with Crippen LogP contribution in [0.5, 0.6) is 0 Å². The zero-order valence-corrected chi connectivity index (χ0v) is 19.2. The summed E-state index contributed by atoms with van der Waals surface area (Å²) in [5.74, 6) is 0.868. The Hall–Kier alpha value is -2.74. The maximum Gasteiger partial charge on any atom is 0.410 e. The molecule has 8 nitrogen and oxygen atoms in total. The summed E-state index contributed by atoms with van der Waals surface area (Å²) in [6.07, 6.45) is 8.85. The van der Waals surface area contributed by atoms with E-state index in [-0.39, 0.29) is 18.3 Å². The second-order valence-corrected chi connectivity index (χ2v) is 8.85. The minimum Gasteiger partial charge on any atom is -0.447 e. The summed E-state index contributed by atoms with van der Waals surface area (Å²) in [5.41, 5.74) is 2.30. The zero-order valence-electron chi connectivity index (χ0n) is 19.2. The van der Waals surface area contributed by atoms with Crippen molar-refractivity contribution < 1.29 is 14.4 Å². The Morgan fingerprint density at radius 2 is 1.78 bits per heavy atom. The lowest BCUT2D eigenvalue weighted by molar-refractivity contribution is -0.182. The fourth-order valence-electron chi connectivity index (χ4n) is 4.25. The number of hydrogen-bond acceptors (Lipinski definition) is 7. The Bertz CT molecular complexity index is 809. The molecule has 0 aliphatic carbocycles. The van der Waals surface area contributed by atoms with Gasteiger partial charge in [-0.15, -0.1) is 0 Å². The van der Waals surface area contributed by atoms with Gasteiger partial charge in [0.25, 0.3) is 0 Å². The van der Waals surface area contributed by atoms with Crippen LogP contribution in [0.4, 0.5) is 16.2 Å². The molecular formula is C24H35N5O3. The molecule has 2 fully saturated rings. The molecule has 0 unspecified atom stereocenters. The second kappa shape index (κ2) is 10.7. The first kappa shape index (κ1) is 22.5. The first-order valence-electron chi connectivity index (χ1n) is 11.8. The van der Waals surface area contributed by atoms with Crippen molar-refractivity contribution in [3.05, 3.63) is 36.2 Å². The number of anilines is 2. The van der Waals surface area contributed by atoms with Gasteiger partial charge in [0.1, 0.15) is 12.5 Å². The van der Waals surface area contributed by atoms with Crippen molar-refractivity contribution >= 4 is 23.7 Å². The van der Waals surface area contributed by atoms with Gasteiger partial charge in [-0.1, -0.05) is 0 Å². The molecule has 0 bridgehead atoms. The van der Waals surface area contributed by atoms with E-state index in [1.54, 1.807) is 11.1 Å². The number of allylic oxidation sites excluding steroid dienone is 1. The van der Waals surface area contributed by atoms with Crippen LogP contribution >= 0.6 is 0 Å². The normalized spacial score (nSPS) is 19.8. The molecule has 1 aromatic carbocycles. The van der Waals surface area contributed by atoms with Gasteiger partial charge in [0.15, 0.2) is 0 Å². The Labute approximate surface area is 190 Å². The number of ether oxygens (including phenoxy) is 1. The van der Waals surface area contributed by atoms with Crippen LogP contribution in [-0.4, -0.2) is 67.3 Å². The number of nitrogens with one attached hydrogen (secondary N) is 1. The topological polar surface area (TPSA) is 69.6 Å². The fourth-order valence-corrected chi connectivity index (χ4v) is 4.25. The van der Waals surface area contributed by atoms with E-state index >= 15 is 0 Å². The third-order valence-corrected chi connectivity index (χ3v) is 5.99. The number of benzene rings is 1. The lowest BCUT2D eigenvalue weighted by Gasteiger charge is -2.35. The molecule has 2 saturated heterocycles. The highest BCUT2D eigenvalue weighted by Crippen LogP contribution is 2.24. The summed E-state index contributed by atoms with van der Waals surface area (Å²) < 4.78 is 5.30. The summed E-state index contributed by atoms with van der Waals surface area (Å²) in [7, 11) is 0. The van der Waals surface area contributed by atoms with Crippen LogP contribution in [0.25, 0.3) is 0 Å². The molecule has 3 aliphatic rings. The van der Waals surface area contributed by atoms with E-state index in [1.165, 1.54) is 24.9 Å². The van der Waals surface area contributed by atoms with E-state index in [0.29, 0.717) is 19.8 Å². The molecule has 3 aliphatic heterocycles. The van der Waals surface area contributed by atoms with E-state index in [1.807, 2.05) is 25.0 Å². The number of carbonyl (C=O) groups excluding carboxylic acids is 1. The number of rotatable bonds is 6. The van der Waals surface area contributed by atoms with Gasteiger partial charge < -0.3 is 19.9 Å². The van der Waals surface area contributed by atoms with Gasteiger partial charge in [-0.25, -0.2) is 9.86 Å². The Kier molecular flexibility index (Phi) is 7.52. The van der Waals surface area contributed by atoms with Gasteiger partial charge in [-0.2, -0.15) is 0 Å². The SMILES string of the molecule is CC(C)OC(=O)N1CCC(ON2CN=CC=C2Nc2ccc(N3CCCCC3)cc2)CC1. The third kappa shape index (κ3) is 5.94. The summed E-state index contributed by atoms with van der Waals surface area (Å²) in [5, 5.41) is 5.28. The van der Waals surface area contributed by atoms with Crippen molar-refractivity contribution in [3.8, 4) is 0 Å². The number of likely N-dealkylation sites (tertiary alicyclic amines) is 1. The smallest absolute Gasteiger partial charge is 0.410 e. The fraction of sp³-hybridized carbons (Fsp3) is 0.583. The molecule has 0 aromatic heterocycles. The summed E-state index contributed by atoms with van der Waals surface area (Å²) in [6, 6.07) is 8.60. The average Bonchev–Trinajstić information content (AvgIpc) is 2.81. The van der Waals surface area contributed by atoms with Crippen molar-refractivity contribution in [1.29, 1.82) is 0 Å². The van der Waals surface area contributed by atoms with E-state index in [0.717, 1.165) is 37.4 Å². The van der Waals surface area contributed by atoms with Crippen LogP contribution in [0.15, 0.2) is 41.2 Å². The molecule has 3 heterocycles. The lowest BCUT2D eigenvalue weighted by Crippen LogP contribution is -2.44. The third-order valence-electron chi connectivity index (χ3n) is 5.99. The molecule has 174 valence electrons. The van der Waals surface area contributed by atoms with Crippen LogP contribution in [-0.2, 0) is 9.57 Å². The van der Waals surface area contributed by atoms with E-state index < -0.39 is 0 Å². The highest BCUT2D eigenvalue weighted by molar-refractivity contribution is 5.74. The number of hydroxylamine groups is 2. The number of carbonyl (C=O) groups is 1. The molecule has 1 amide bonds. The number of amides is 1. The molecule has 0 radical (unpaired) electrons. The maximum atomic E-state index is 12.1. The number of piperidine rings is 2. The zero-order chi connectivity index (χ0) is 22.3. The van der Waals surface area contributed by atoms with Crippen molar-refractivity contribution in [1.82, 2.24) is 9.96 Å². The minimum absolute atomic E-state index is 0.0399. The van der Waals surface area contributed by atoms with Gasteiger partial charge >= 0.3 is 6.09 Å². The van der Waals surface area contributed by atoms with Crippen LogP contribution in [0.3, 0.4) is 0 Å². The van der Waals surface area contributed by atoms with E-state index in [4.69, 9.17) is 9.57 Å². The molecule has 1 N–H and O–H groups in total. The minimum atomic E-state index is -0.240. The van der Waals surface area contributed by atoms with Crippen molar-refractivity contribution in [2.45, 2.75) is 58.2 Å². The highest BCUT2D eigenvalue weighted by Gasteiger charge is 2.27. The summed E-state index contributed by atoms with van der Waals surface area (Å²) in [6.45, 7) is 7.74. The highest BCUT2D eigenvalue weighted by atomic mass is 16.7. The van der Waals surface area contributed by atoms with Crippen molar-refractivity contribution in [2.24, 2.45) is 4.99 Å². The monoisotopic (exact) mass is 441 g/mol. The first-order valence-corrected chi connectivity index (χ1v) is 11.8. The molecule has 0 atom stereocenters. The number of nitrogens with zero attached hydrogens (tertiary/aromatic N) is 4. The molecule has 0 spiro atoms. The Morgan fingerprint density at radius 3 is 2.47 bits per heavy atom. The lowest BCUT2D eigenvalue weighted by atomic mass is 10.1. The standard InChI is InChI=1S/C24H35N5O3/c1-19(2)31-24(30)28-16-11-22(12-17-28)32-29-18-25-13-10-23(29)26-20-6-8-21(9-7-20)27-14-4-3-5-15-27/h6-10,13,19,22,26H,3-5,11-12,14-18H2,1-2H3. The quantitative estimate of drug-likeness (QED) is 0.713. The predicted octanol–water partition coefficient (Wildman–Crippen LogP) is 4.22. The molecule has 32 heavy (non-hydrogen) atoms. The van der Waals surface area contributed by atoms with Crippen LogP contribution < -0.4 is 10.2 Å². The first-order chi connectivity index (χ1) is 15.6. The van der Waals surface area contributed by atoms with Gasteiger partial charge in [-0.3, -0.25) is 9.83 Å². The van der Waals surface area contributed by atoms with Gasteiger partial charge in [0, 0.05) is 43.8 Å². The largest absolute Gasteiger partial charge is 0.447 e. The van der Waals surface area contributed by atoms with Crippen molar-refractivity contribution in [2.75, 3.05) is 43.1 Å². The van der Waals surface area contributed by atoms with Crippen molar-refractivity contribution in [3.63, 3.8) is 0 Å². The molecule has 1 aromatic rings. The van der Waals surface area contributed by atoms with Crippen LogP contribution in [0.2, 0.25) is 0 Å². The van der Waals surface area contributed by atoms with E-state index in [9.17, 15) is 4.79 Å². The number of aliphatic imine (C=N–C) groups is 1. The molecular weight excluding hydrogens is 406 g/mol. The summed E-state index contributed by atoms with van der Waals surface area (Å²) >= 11 is 0. The Morgan fingerprint density at radius 1 is 1.06 bits per heavy atom. The number of hydrogen-bond donors (Lipinski definition) is 1. The second-order valence-electron chi connectivity index (χ2n) is 8.85. The average molecular weight is 442 g/mol.